The van der Waals surface area contributed by atoms with Crippen LogP contribution in [-0.2, 0) is 12.8 Å². The number of hydrogen-bond acceptors (Lipinski definition) is 3. The minimum atomic E-state index is 0.125. The maximum Gasteiger partial charge on any atom is 0.159 e. The number of benzene rings is 2. The van der Waals surface area contributed by atoms with Gasteiger partial charge in [-0.25, -0.2) is 0 Å². The molecule has 1 aliphatic rings. The first kappa shape index (κ1) is 29.9. The summed E-state index contributed by atoms with van der Waals surface area (Å²) < 4.78 is 5.82. The lowest BCUT2D eigenvalue weighted by atomic mass is 9.96. The second-order valence-corrected chi connectivity index (χ2v) is 9.91. The van der Waals surface area contributed by atoms with Crippen molar-refractivity contribution in [2.75, 3.05) is 6.61 Å². The van der Waals surface area contributed by atoms with Crippen LogP contribution in [0.15, 0.2) is 42.5 Å². The highest BCUT2D eigenvalue weighted by atomic mass is 16.5. The van der Waals surface area contributed by atoms with Gasteiger partial charge in [-0.3, -0.25) is 4.79 Å². The quantitative estimate of drug-likeness (QED) is 0.299. The SMILES string of the molecule is CC(=O)c1ccc(C)cc1.CCCC(C)N.CCCCCCCc1ccc2c(c1)OCC(C)C2. The fourth-order valence-corrected chi connectivity index (χ4v) is 3.90. The Kier molecular flexibility index (Phi) is 15.2. The lowest BCUT2D eigenvalue weighted by Gasteiger charge is -2.23. The van der Waals surface area contributed by atoms with Crippen molar-refractivity contribution in [1.82, 2.24) is 0 Å². The Hall–Kier alpha value is -2.13. The fourth-order valence-electron chi connectivity index (χ4n) is 3.90. The molecule has 1 heterocycles. The summed E-state index contributed by atoms with van der Waals surface area (Å²) in [6.07, 6.45) is 11.5. The Labute approximate surface area is 209 Å². The first-order valence-electron chi connectivity index (χ1n) is 13.3. The molecule has 2 unspecified atom stereocenters. The van der Waals surface area contributed by atoms with E-state index in [9.17, 15) is 4.79 Å². The van der Waals surface area contributed by atoms with Crippen molar-refractivity contribution >= 4 is 5.78 Å². The van der Waals surface area contributed by atoms with E-state index in [2.05, 4.69) is 39.0 Å². The van der Waals surface area contributed by atoms with Crippen LogP contribution in [0, 0.1) is 12.8 Å². The van der Waals surface area contributed by atoms with Crippen molar-refractivity contribution in [2.24, 2.45) is 11.7 Å². The zero-order chi connectivity index (χ0) is 25.3. The lowest BCUT2D eigenvalue weighted by Crippen LogP contribution is -2.18. The van der Waals surface area contributed by atoms with Crippen molar-refractivity contribution in [3.05, 3.63) is 64.7 Å². The van der Waals surface area contributed by atoms with Crippen LogP contribution in [0.4, 0.5) is 0 Å². The molecule has 2 atom stereocenters. The predicted octanol–water partition coefficient (Wildman–Crippen LogP) is 8.10. The number of unbranched alkanes of at least 4 members (excludes halogenated alkanes) is 4. The lowest BCUT2D eigenvalue weighted by molar-refractivity contribution is 0.101. The van der Waals surface area contributed by atoms with Gasteiger partial charge in [0, 0.05) is 11.6 Å². The van der Waals surface area contributed by atoms with Gasteiger partial charge >= 0.3 is 0 Å². The summed E-state index contributed by atoms with van der Waals surface area (Å²) in [5.74, 6) is 1.93. The van der Waals surface area contributed by atoms with E-state index in [0.717, 1.165) is 24.3 Å². The summed E-state index contributed by atoms with van der Waals surface area (Å²) >= 11 is 0. The van der Waals surface area contributed by atoms with Crippen molar-refractivity contribution in [3.63, 3.8) is 0 Å². The van der Waals surface area contributed by atoms with Gasteiger partial charge in [0.25, 0.3) is 0 Å². The minimum Gasteiger partial charge on any atom is -0.493 e. The molecule has 3 rings (SSSR count). The van der Waals surface area contributed by atoms with E-state index in [1.165, 1.54) is 68.1 Å². The Bertz CT molecular complexity index is 811. The van der Waals surface area contributed by atoms with Crippen LogP contribution in [0.1, 0.15) is 107 Å². The van der Waals surface area contributed by atoms with Crippen LogP contribution in [0.5, 0.6) is 5.75 Å². The second kappa shape index (κ2) is 17.3. The highest BCUT2D eigenvalue weighted by Crippen LogP contribution is 2.28. The zero-order valence-corrected chi connectivity index (χ0v) is 22.7. The average Bonchev–Trinajstić information content (AvgIpc) is 2.80. The van der Waals surface area contributed by atoms with Gasteiger partial charge in [-0.1, -0.05) is 94.8 Å². The summed E-state index contributed by atoms with van der Waals surface area (Å²) in [6.45, 7) is 13.2. The van der Waals surface area contributed by atoms with Crippen molar-refractivity contribution in [2.45, 2.75) is 105 Å². The standard InChI is InChI=1S/C17H26O.C9H10O.C5H13N/c1-3-4-5-6-7-8-15-9-10-16-11-14(2)13-18-17(16)12-15;1-7-3-5-9(6-4-7)8(2)10;1-3-4-5(2)6/h9-10,12,14H,3-8,11,13H2,1-2H3;3-6H,1-2H3;5H,3-4,6H2,1-2H3. The molecule has 0 aliphatic carbocycles. The third-order valence-electron chi connectivity index (χ3n) is 5.99. The smallest absolute Gasteiger partial charge is 0.159 e. The Morgan fingerprint density at radius 3 is 2.26 bits per heavy atom. The largest absolute Gasteiger partial charge is 0.493 e. The molecule has 0 saturated carbocycles. The molecule has 190 valence electrons. The van der Waals surface area contributed by atoms with Crippen LogP contribution in [0.25, 0.3) is 0 Å². The molecular weight excluding hydrogens is 418 g/mol. The molecule has 0 bridgehead atoms. The highest BCUT2D eigenvalue weighted by molar-refractivity contribution is 5.93. The van der Waals surface area contributed by atoms with E-state index >= 15 is 0 Å². The molecule has 2 aromatic carbocycles. The fraction of sp³-hybridized carbons (Fsp3) is 0.581. The first-order chi connectivity index (χ1) is 16.3. The van der Waals surface area contributed by atoms with Gasteiger partial charge < -0.3 is 10.5 Å². The van der Waals surface area contributed by atoms with Crippen LogP contribution in [-0.4, -0.2) is 18.4 Å². The number of nitrogens with two attached hydrogens (primary N) is 1. The summed E-state index contributed by atoms with van der Waals surface area (Å²) in [6, 6.07) is 14.8. The predicted molar refractivity (Wildman–Crippen MR) is 147 cm³/mol. The topological polar surface area (TPSA) is 52.3 Å². The monoisotopic (exact) mass is 467 g/mol. The van der Waals surface area contributed by atoms with Crippen molar-refractivity contribution < 1.29 is 9.53 Å². The van der Waals surface area contributed by atoms with Crippen molar-refractivity contribution in [1.29, 1.82) is 0 Å². The molecule has 34 heavy (non-hydrogen) atoms. The van der Waals surface area contributed by atoms with Gasteiger partial charge in [-0.15, -0.1) is 0 Å². The third-order valence-corrected chi connectivity index (χ3v) is 5.99. The van der Waals surface area contributed by atoms with Crippen LogP contribution < -0.4 is 10.5 Å². The number of rotatable bonds is 9. The number of ketones is 1. The Balaban J connectivity index is 0.000000303. The molecule has 0 amide bonds. The van der Waals surface area contributed by atoms with Gasteiger partial charge in [-0.05, 0) is 69.6 Å². The van der Waals surface area contributed by atoms with E-state index in [1.807, 2.05) is 38.1 Å². The Morgan fingerprint density at radius 1 is 1.03 bits per heavy atom. The van der Waals surface area contributed by atoms with Gasteiger partial charge in [0.2, 0.25) is 0 Å². The summed E-state index contributed by atoms with van der Waals surface area (Å²) in [5.41, 5.74) is 10.2. The van der Waals surface area contributed by atoms with Gasteiger partial charge in [0.1, 0.15) is 5.75 Å². The first-order valence-corrected chi connectivity index (χ1v) is 13.3. The normalized spacial score (nSPS) is 15.0. The number of carbonyl (C=O) groups is 1. The molecule has 3 heteroatoms. The molecular formula is C31H49NO2. The molecule has 0 aromatic heterocycles. The van der Waals surface area contributed by atoms with Crippen LogP contribution in [0.3, 0.4) is 0 Å². The van der Waals surface area contributed by atoms with E-state index in [-0.39, 0.29) is 5.78 Å². The number of hydrogen-bond donors (Lipinski definition) is 1. The molecule has 2 aromatic rings. The number of fused-ring (bicyclic) bond motifs is 1. The summed E-state index contributed by atoms with van der Waals surface area (Å²) in [5, 5.41) is 0. The molecule has 3 nitrogen and oxygen atoms in total. The number of aryl methyl sites for hydroxylation is 2. The molecule has 0 spiro atoms. The molecule has 1 aliphatic heterocycles. The summed E-state index contributed by atoms with van der Waals surface area (Å²) in [4.78, 5) is 10.8. The van der Waals surface area contributed by atoms with Crippen molar-refractivity contribution in [3.8, 4) is 5.75 Å². The minimum absolute atomic E-state index is 0.125. The Morgan fingerprint density at radius 2 is 1.71 bits per heavy atom. The zero-order valence-electron chi connectivity index (χ0n) is 22.7. The maximum absolute atomic E-state index is 10.8. The number of carbonyl (C=O) groups excluding carboxylic acids is 1. The van der Waals surface area contributed by atoms with Gasteiger partial charge in [0.05, 0.1) is 6.61 Å². The highest BCUT2D eigenvalue weighted by Gasteiger charge is 2.16. The number of Topliss-reactive ketones (excluding diaryl/α,β-unsaturated/α-hetero) is 1. The van der Waals surface area contributed by atoms with E-state index in [0.29, 0.717) is 12.0 Å². The maximum atomic E-state index is 10.8. The molecule has 0 radical (unpaired) electrons. The second-order valence-electron chi connectivity index (χ2n) is 9.91. The number of ether oxygens (including phenoxy) is 1. The van der Waals surface area contributed by atoms with Gasteiger partial charge in [-0.2, -0.15) is 0 Å². The molecule has 0 saturated heterocycles. The van der Waals surface area contributed by atoms with E-state index in [1.54, 1.807) is 6.92 Å². The van der Waals surface area contributed by atoms with Crippen LogP contribution >= 0.6 is 0 Å². The third kappa shape index (κ3) is 12.9. The summed E-state index contributed by atoms with van der Waals surface area (Å²) in [7, 11) is 0. The molecule has 2 N–H and O–H groups in total. The van der Waals surface area contributed by atoms with Crippen LogP contribution in [0.2, 0.25) is 0 Å². The van der Waals surface area contributed by atoms with E-state index in [4.69, 9.17) is 10.5 Å². The van der Waals surface area contributed by atoms with Gasteiger partial charge in [0.15, 0.2) is 5.78 Å². The van der Waals surface area contributed by atoms with E-state index < -0.39 is 0 Å². The molecule has 0 fully saturated rings. The average molecular weight is 468 g/mol.